The Labute approximate surface area is 224 Å². The average Bonchev–Trinajstić information content (AvgIpc) is 3.16. The van der Waals surface area contributed by atoms with Gasteiger partial charge in [0.2, 0.25) is 11.8 Å². The van der Waals surface area contributed by atoms with Gasteiger partial charge < -0.3 is 5.32 Å². The molecule has 37 heavy (non-hydrogen) atoms. The number of hydrogen-bond acceptors (Lipinski definition) is 4. The molecular weight excluding hydrogens is 480 g/mol. The molecule has 1 aromatic heterocycles. The third-order valence-electron chi connectivity index (χ3n) is 6.43. The van der Waals surface area contributed by atoms with Crippen LogP contribution in [0.3, 0.4) is 0 Å². The van der Waals surface area contributed by atoms with Gasteiger partial charge in [0.1, 0.15) is 12.4 Å². The van der Waals surface area contributed by atoms with Crippen LogP contribution in [0.1, 0.15) is 67.8 Å². The third kappa shape index (κ3) is 5.93. The maximum atomic E-state index is 13.7. The Morgan fingerprint density at radius 3 is 2.43 bits per heavy atom. The predicted molar refractivity (Wildman–Crippen MR) is 153 cm³/mol. The number of fused-ring (bicyclic) bond motifs is 1. The second-order valence-electron chi connectivity index (χ2n) is 11.4. The zero-order valence-corrected chi connectivity index (χ0v) is 23.8. The Kier molecular flexibility index (Phi) is 7.83. The van der Waals surface area contributed by atoms with E-state index < -0.39 is 0 Å². The van der Waals surface area contributed by atoms with Crippen LogP contribution in [0.2, 0.25) is 0 Å². The highest BCUT2D eigenvalue weighted by atomic mass is 32.2. The lowest BCUT2D eigenvalue weighted by molar-refractivity contribution is -0.123. The first kappa shape index (κ1) is 27.0. The summed E-state index contributed by atoms with van der Waals surface area (Å²) in [5, 5.41) is 8.05. The molecule has 1 unspecified atom stereocenters. The smallest absolute Gasteiger partial charge is 0.240 e. The number of thioether (sulfide) groups is 1. The van der Waals surface area contributed by atoms with Gasteiger partial charge in [-0.05, 0) is 37.5 Å². The van der Waals surface area contributed by atoms with Gasteiger partial charge >= 0.3 is 0 Å². The maximum Gasteiger partial charge on any atom is 0.240 e. The van der Waals surface area contributed by atoms with Crippen molar-refractivity contribution in [3.63, 3.8) is 0 Å². The van der Waals surface area contributed by atoms with Gasteiger partial charge in [0.15, 0.2) is 0 Å². The number of rotatable bonds is 6. The van der Waals surface area contributed by atoms with Crippen molar-refractivity contribution in [2.75, 3.05) is 23.7 Å². The standard InChI is InChI=1S/C30H38N4O2S/c1-19(2)16-31-24(35)17-33-25(36)18-37-27(22-10-8-9-21(4)15-22)26-28(30(5,6)7)32-34(29(26)33)23-13-11-20(3)12-14-23/h8-15,19,27H,16-18H2,1-7H3,(H,31,35). The van der Waals surface area contributed by atoms with E-state index in [0.29, 0.717) is 18.3 Å². The molecule has 6 nitrogen and oxygen atoms in total. The summed E-state index contributed by atoms with van der Waals surface area (Å²) < 4.78 is 1.87. The number of aryl methyl sites for hydroxylation is 2. The highest BCUT2D eigenvalue weighted by Crippen LogP contribution is 2.48. The van der Waals surface area contributed by atoms with E-state index in [4.69, 9.17) is 5.10 Å². The van der Waals surface area contributed by atoms with E-state index in [1.807, 2.05) is 35.9 Å². The van der Waals surface area contributed by atoms with Gasteiger partial charge in [-0.15, -0.1) is 11.8 Å². The van der Waals surface area contributed by atoms with Crippen LogP contribution in [-0.4, -0.2) is 40.4 Å². The Hall–Kier alpha value is -3.06. The highest BCUT2D eigenvalue weighted by Gasteiger charge is 2.39. The molecule has 1 aliphatic heterocycles. The summed E-state index contributed by atoms with van der Waals surface area (Å²) in [5.74, 6) is 1.04. The van der Waals surface area contributed by atoms with E-state index in [2.05, 4.69) is 71.1 Å². The monoisotopic (exact) mass is 518 g/mol. The predicted octanol–water partition coefficient (Wildman–Crippen LogP) is 5.73. The van der Waals surface area contributed by atoms with Gasteiger partial charge in [-0.1, -0.05) is 82.1 Å². The quantitative estimate of drug-likeness (QED) is 0.453. The van der Waals surface area contributed by atoms with Crippen molar-refractivity contribution in [2.45, 2.75) is 59.1 Å². The fourth-order valence-corrected chi connectivity index (χ4v) is 5.74. The molecule has 0 aliphatic carbocycles. The summed E-state index contributed by atoms with van der Waals surface area (Å²) in [6, 6.07) is 16.6. The molecule has 2 aromatic carbocycles. The Balaban J connectivity index is 1.96. The molecule has 0 saturated carbocycles. The first-order valence-corrected chi connectivity index (χ1v) is 14.0. The van der Waals surface area contributed by atoms with Crippen LogP contribution in [0.4, 0.5) is 5.82 Å². The summed E-state index contributed by atoms with van der Waals surface area (Å²) in [4.78, 5) is 28.4. The second-order valence-corrected chi connectivity index (χ2v) is 12.5. The van der Waals surface area contributed by atoms with Gasteiger partial charge in [-0.25, -0.2) is 4.68 Å². The number of carbonyl (C=O) groups excluding carboxylic acids is 2. The number of carbonyl (C=O) groups is 2. The van der Waals surface area contributed by atoms with Crippen LogP contribution in [0.5, 0.6) is 0 Å². The van der Waals surface area contributed by atoms with Crippen molar-refractivity contribution in [3.05, 3.63) is 76.5 Å². The lowest BCUT2D eigenvalue weighted by Gasteiger charge is -2.25. The summed E-state index contributed by atoms with van der Waals surface area (Å²) in [6.07, 6.45) is 0. The average molecular weight is 519 g/mol. The summed E-state index contributed by atoms with van der Waals surface area (Å²) in [7, 11) is 0. The van der Waals surface area contributed by atoms with E-state index in [9.17, 15) is 9.59 Å². The summed E-state index contributed by atoms with van der Waals surface area (Å²) in [5.41, 5.74) is 5.99. The lowest BCUT2D eigenvalue weighted by atomic mass is 9.87. The number of aromatic nitrogens is 2. The molecule has 3 aromatic rings. The van der Waals surface area contributed by atoms with Crippen LogP contribution >= 0.6 is 11.8 Å². The number of benzene rings is 2. The van der Waals surface area contributed by atoms with E-state index >= 15 is 0 Å². The largest absolute Gasteiger partial charge is 0.354 e. The molecule has 1 aliphatic rings. The topological polar surface area (TPSA) is 67.2 Å². The van der Waals surface area contributed by atoms with Crippen LogP contribution in [0.15, 0.2) is 48.5 Å². The highest BCUT2D eigenvalue weighted by molar-refractivity contribution is 8.00. The lowest BCUT2D eigenvalue weighted by Crippen LogP contribution is -2.43. The zero-order valence-electron chi connectivity index (χ0n) is 23.0. The fourth-order valence-electron chi connectivity index (χ4n) is 4.55. The van der Waals surface area contributed by atoms with Crippen molar-refractivity contribution in [1.82, 2.24) is 15.1 Å². The van der Waals surface area contributed by atoms with Gasteiger partial charge in [0.25, 0.3) is 0 Å². The van der Waals surface area contributed by atoms with Crippen LogP contribution in [-0.2, 0) is 15.0 Å². The van der Waals surface area contributed by atoms with Crippen LogP contribution in [0.25, 0.3) is 5.69 Å². The van der Waals surface area contributed by atoms with Gasteiger partial charge in [0, 0.05) is 17.5 Å². The van der Waals surface area contributed by atoms with Crippen molar-refractivity contribution in [2.24, 2.45) is 5.92 Å². The SMILES string of the molecule is Cc1ccc(-n2nc(C(C)(C)C)c3c2N(CC(=O)NCC(C)C)C(=O)CSC3c2cccc(C)c2)cc1. The van der Waals surface area contributed by atoms with E-state index in [1.54, 1.807) is 16.7 Å². The fraction of sp³-hybridized carbons (Fsp3) is 0.433. The number of nitrogens with one attached hydrogen (secondary N) is 1. The molecule has 2 amide bonds. The summed E-state index contributed by atoms with van der Waals surface area (Å²) >= 11 is 1.61. The Morgan fingerprint density at radius 2 is 1.81 bits per heavy atom. The van der Waals surface area contributed by atoms with Crippen LogP contribution in [0, 0.1) is 19.8 Å². The summed E-state index contributed by atoms with van der Waals surface area (Å²) in [6.45, 7) is 15.2. The molecule has 4 rings (SSSR count). The van der Waals surface area contributed by atoms with E-state index in [1.165, 1.54) is 5.56 Å². The Morgan fingerprint density at radius 1 is 1.11 bits per heavy atom. The third-order valence-corrected chi connectivity index (χ3v) is 7.69. The molecular formula is C30H38N4O2S. The minimum atomic E-state index is -0.276. The molecule has 1 atom stereocenters. The molecule has 0 spiro atoms. The van der Waals surface area contributed by atoms with Crippen LogP contribution < -0.4 is 10.2 Å². The maximum absolute atomic E-state index is 13.7. The van der Waals surface area contributed by atoms with E-state index in [0.717, 1.165) is 28.1 Å². The Bertz CT molecular complexity index is 1290. The molecule has 0 saturated heterocycles. The minimum absolute atomic E-state index is 0.0409. The molecule has 2 heterocycles. The first-order chi connectivity index (χ1) is 17.5. The molecule has 0 radical (unpaired) electrons. The van der Waals surface area contributed by atoms with Crippen molar-refractivity contribution >= 4 is 29.4 Å². The van der Waals surface area contributed by atoms with Crippen molar-refractivity contribution in [3.8, 4) is 5.69 Å². The molecule has 196 valence electrons. The normalized spacial score (nSPS) is 16.1. The number of amides is 2. The zero-order chi connectivity index (χ0) is 26.9. The molecule has 0 fully saturated rings. The van der Waals surface area contributed by atoms with E-state index in [-0.39, 0.29) is 34.8 Å². The van der Waals surface area contributed by atoms with Gasteiger partial charge in [-0.2, -0.15) is 5.10 Å². The van der Waals surface area contributed by atoms with Gasteiger partial charge in [-0.3, -0.25) is 14.5 Å². The van der Waals surface area contributed by atoms with Crippen molar-refractivity contribution in [1.29, 1.82) is 0 Å². The number of hydrogen-bond donors (Lipinski definition) is 1. The minimum Gasteiger partial charge on any atom is -0.354 e. The number of anilines is 1. The number of nitrogens with zero attached hydrogens (tertiary/aromatic N) is 3. The van der Waals surface area contributed by atoms with Crippen molar-refractivity contribution < 1.29 is 9.59 Å². The second kappa shape index (κ2) is 10.7. The van der Waals surface area contributed by atoms with Gasteiger partial charge in [0.05, 0.1) is 22.4 Å². The molecule has 1 N–H and O–H groups in total. The molecule has 7 heteroatoms. The first-order valence-electron chi connectivity index (χ1n) is 12.9. The molecule has 0 bridgehead atoms.